The third-order valence-corrected chi connectivity index (χ3v) is 7.33. The number of hydrogen-bond acceptors (Lipinski definition) is 4. The van der Waals surface area contributed by atoms with Gasteiger partial charge >= 0.3 is 0 Å². The van der Waals surface area contributed by atoms with E-state index in [0.717, 1.165) is 31.2 Å². The van der Waals surface area contributed by atoms with Gasteiger partial charge in [-0.15, -0.1) is 0 Å². The number of nitrogens with two attached hydrogens (primary N) is 1. The number of aryl methyl sites for hydroxylation is 1. The lowest BCUT2D eigenvalue weighted by atomic mass is 9.92. The highest BCUT2D eigenvalue weighted by molar-refractivity contribution is 7.89. The fourth-order valence-electron chi connectivity index (χ4n) is 3.29. The molecule has 0 atom stereocenters. The molecule has 0 bridgehead atoms. The number of nitrogens with one attached hydrogen (secondary N) is 1. The first-order chi connectivity index (χ1) is 12.4. The van der Waals surface area contributed by atoms with Gasteiger partial charge in [-0.25, -0.2) is 8.42 Å². The highest BCUT2D eigenvalue weighted by Gasteiger charge is 2.27. The van der Waals surface area contributed by atoms with Gasteiger partial charge in [0.25, 0.3) is 0 Å². The number of carbonyl (C=O) groups excluding carboxylic acids is 1. The summed E-state index contributed by atoms with van der Waals surface area (Å²) in [7, 11) is -3.38. The molecule has 26 heavy (non-hydrogen) atoms. The molecule has 1 aliphatic heterocycles. The predicted molar refractivity (Wildman–Crippen MR) is 103 cm³/mol. The Bertz CT molecular complexity index is 683. The lowest BCUT2D eigenvalue weighted by molar-refractivity contribution is -0.123. The van der Waals surface area contributed by atoms with E-state index in [1.807, 2.05) is 13.8 Å². The number of amides is 1. The van der Waals surface area contributed by atoms with E-state index < -0.39 is 10.0 Å². The van der Waals surface area contributed by atoms with Crippen molar-refractivity contribution >= 4 is 15.9 Å². The van der Waals surface area contributed by atoms with Crippen LogP contribution in [0.4, 0.5) is 0 Å². The van der Waals surface area contributed by atoms with E-state index in [1.54, 1.807) is 24.3 Å². The fraction of sp³-hybridized carbons (Fsp3) is 0.632. The van der Waals surface area contributed by atoms with Crippen molar-refractivity contribution in [3.8, 4) is 0 Å². The van der Waals surface area contributed by atoms with Crippen molar-refractivity contribution in [2.45, 2.75) is 62.8 Å². The summed E-state index contributed by atoms with van der Waals surface area (Å²) in [6.07, 6.45) is 4.38. The molecule has 0 aromatic heterocycles. The lowest BCUT2D eigenvalue weighted by Gasteiger charge is -2.31. The van der Waals surface area contributed by atoms with Crippen molar-refractivity contribution in [2.75, 3.05) is 19.6 Å². The highest BCUT2D eigenvalue weighted by Crippen LogP contribution is 2.21. The van der Waals surface area contributed by atoms with Crippen molar-refractivity contribution in [3.05, 3.63) is 29.8 Å². The molecule has 0 radical (unpaired) electrons. The SMILES string of the molecule is CCC(CC)(CN)NC(=O)CCc1ccc(S(=O)(=O)N2CCCC2)cc1. The van der Waals surface area contributed by atoms with Gasteiger partial charge in [0, 0.05) is 26.1 Å². The van der Waals surface area contributed by atoms with Crippen LogP contribution in [0.2, 0.25) is 0 Å². The maximum absolute atomic E-state index is 12.5. The summed E-state index contributed by atoms with van der Waals surface area (Å²) >= 11 is 0. The fourth-order valence-corrected chi connectivity index (χ4v) is 4.81. The van der Waals surface area contributed by atoms with Gasteiger partial charge in [-0.1, -0.05) is 26.0 Å². The first-order valence-corrected chi connectivity index (χ1v) is 10.9. The number of nitrogens with zero attached hydrogens (tertiary/aromatic N) is 1. The van der Waals surface area contributed by atoms with E-state index in [-0.39, 0.29) is 11.4 Å². The van der Waals surface area contributed by atoms with Crippen LogP contribution in [0.25, 0.3) is 0 Å². The van der Waals surface area contributed by atoms with Gasteiger partial charge in [0.05, 0.1) is 10.4 Å². The molecule has 7 heteroatoms. The van der Waals surface area contributed by atoms with E-state index in [1.165, 1.54) is 4.31 Å². The lowest BCUT2D eigenvalue weighted by Crippen LogP contribution is -2.52. The summed E-state index contributed by atoms with van der Waals surface area (Å²) in [6.45, 7) is 5.67. The molecule has 0 spiro atoms. The normalized spacial score (nSPS) is 16.0. The van der Waals surface area contributed by atoms with Crippen LogP contribution in [-0.2, 0) is 21.2 Å². The topological polar surface area (TPSA) is 92.5 Å². The molecule has 2 rings (SSSR count). The van der Waals surface area contributed by atoms with E-state index in [9.17, 15) is 13.2 Å². The summed E-state index contributed by atoms with van der Waals surface area (Å²) in [4.78, 5) is 12.6. The van der Waals surface area contributed by atoms with Crippen molar-refractivity contribution in [2.24, 2.45) is 5.73 Å². The van der Waals surface area contributed by atoms with Crippen molar-refractivity contribution in [1.82, 2.24) is 9.62 Å². The minimum atomic E-state index is -3.38. The standard InChI is InChI=1S/C19H31N3O3S/c1-3-19(4-2,15-20)21-18(23)12-9-16-7-10-17(11-8-16)26(24,25)22-13-5-6-14-22/h7-8,10-11H,3-6,9,12-15,20H2,1-2H3,(H,21,23). The van der Waals surface area contributed by atoms with Crippen LogP contribution in [0.5, 0.6) is 0 Å². The van der Waals surface area contributed by atoms with Gasteiger partial charge in [0.2, 0.25) is 15.9 Å². The summed E-state index contributed by atoms with van der Waals surface area (Å²) in [6, 6.07) is 6.88. The molecule has 1 heterocycles. The Kier molecular flexibility index (Phi) is 7.20. The number of carbonyl (C=O) groups is 1. The van der Waals surface area contributed by atoms with Gasteiger partial charge in [0.1, 0.15) is 0 Å². The monoisotopic (exact) mass is 381 g/mol. The Labute approximate surface area is 157 Å². The molecule has 0 unspecified atom stereocenters. The van der Waals surface area contributed by atoms with E-state index in [4.69, 9.17) is 5.73 Å². The van der Waals surface area contributed by atoms with Crippen LogP contribution < -0.4 is 11.1 Å². The van der Waals surface area contributed by atoms with Gasteiger partial charge in [-0.3, -0.25) is 4.79 Å². The maximum Gasteiger partial charge on any atom is 0.243 e. The van der Waals surface area contributed by atoms with Crippen LogP contribution in [0.1, 0.15) is 51.5 Å². The smallest absolute Gasteiger partial charge is 0.243 e. The van der Waals surface area contributed by atoms with Gasteiger partial charge in [0.15, 0.2) is 0 Å². The third kappa shape index (κ3) is 4.84. The van der Waals surface area contributed by atoms with Gasteiger partial charge in [-0.05, 0) is 49.8 Å². The summed E-state index contributed by atoms with van der Waals surface area (Å²) < 4.78 is 26.6. The Hall–Kier alpha value is -1.44. The highest BCUT2D eigenvalue weighted by atomic mass is 32.2. The Morgan fingerprint density at radius 2 is 1.73 bits per heavy atom. The minimum absolute atomic E-state index is 0.0204. The van der Waals surface area contributed by atoms with Gasteiger partial charge < -0.3 is 11.1 Å². The first-order valence-electron chi connectivity index (χ1n) is 9.47. The zero-order valence-corrected chi connectivity index (χ0v) is 16.6. The van der Waals surface area contributed by atoms with Crippen LogP contribution in [0.3, 0.4) is 0 Å². The molecule has 1 fully saturated rings. The molecular formula is C19H31N3O3S. The van der Waals surface area contributed by atoms with E-state index in [0.29, 0.717) is 37.4 Å². The Morgan fingerprint density at radius 1 is 1.15 bits per heavy atom. The largest absolute Gasteiger partial charge is 0.349 e. The van der Waals surface area contributed by atoms with Crippen LogP contribution in [0.15, 0.2) is 29.2 Å². The quantitative estimate of drug-likeness (QED) is 0.685. The molecule has 1 amide bonds. The first kappa shape index (κ1) is 20.9. The molecule has 1 aromatic rings. The molecule has 3 N–H and O–H groups in total. The molecule has 0 aliphatic carbocycles. The van der Waals surface area contributed by atoms with Crippen LogP contribution >= 0.6 is 0 Å². The second kappa shape index (κ2) is 8.97. The van der Waals surface area contributed by atoms with Crippen molar-refractivity contribution in [1.29, 1.82) is 0 Å². The Balaban J connectivity index is 1.94. The zero-order valence-electron chi connectivity index (χ0n) is 15.8. The second-order valence-corrected chi connectivity index (χ2v) is 8.93. The van der Waals surface area contributed by atoms with Crippen molar-refractivity contribution in [3.63, 3.8) is 0 Å². The third-order valence-electron chi connectivity index (χ3n) is 5.42. The number of rotatable bonds is 9. The number of sulfonamides is 1. The molecule has 6 nitrogen and oxygen atoms in total. The number of hydrogen-bond donors (Lipinski definition) is 2. The Morgan fingerprint density at radius 3 is 2.23 bits per heavy atom. The van der Waals surface area contributed by atoms with E-state index >= 15 is 0 Å². The van der Waals surface area contributed by atoms with Crippen LogP contribution in [-0.4, -0.2) is 43.8 Å². The molecule has 1 aromatic carbocycles. The molecular weight excluding hydrogens is 350 g/mol. The molecule has 0 saturated carbocycles. The van der Waals surface area contributed by atoms with E-state index in [2.05, 4.69) is 5.32 Å². The predicted octanol–water partition coefficient (Wildman–Crippen LogP) is 2.04. The second-order valence-electron chi connectivity index (χ2n) is 6.99. The zero-order chi connectivity index (χ0) is 19.2. The molecule has 1 aliphatic rings. The molecule has 1 saturated heterocycles. The summed E-state index contributed by atoms with van der Waals surface area (Å²) in [5, 5.41) is 3.06. The maximum atomic E-state index is 12.5. The molecule has 146 valence electrons. The van der Waals surface area contributed by atoms with Gasteiger partial charge in [-0.2, -0.15) is 4.31 Å². The minimum Gasteiger partial charge on any atom is -0.349 e. The van der Waals surface area contributed by atoms with Crippen LogP contribution in [0, 0.1) is 0 Å². The average molecular weight is 382 g/mol. The number of benzene rings is 1. The summed E-state index contributed by atoms with van der Waals surface area (Å²) in [5.41, 5.74) is 6.44. The summed E-state index contributed by atoms with van der Waals surface area (Å²) in [5.74, 6) is -0.0204. The average Bonchev–Trinajstić information content (AvgIpc) is 3.20. The van der Waals surface area contributed by atoms with Crippen molar-refractivity contribution < 1.29 is 13.2 Å².